The number of hydrogen-bond donors (Lipinski definition) is 6. The molecule has 0 bridgehead atoms. The summed E-state index contributed by atoms with van der Waals surface area (Å²) in [6, 6.07) is -3.39. The monoisotopic (exact) mass is 609 g/mol. The molecule has 0 spiro atoms. The molecule has 1 saturated carbocycles. The molecule has 2 aliphatic heterocycles. The van der Waals surface area contributed by atoms with Crippen LogP contribution in [0.25, 0.3) is 0 Å². The van der Waals surface area contributed by atoms with E-state index in [-0.39, 0.29) is 61.4 Å². The van der Waals surface area contributed by atoms with E-state index in [4.69, 9.17) is 17.2 Å². The zero-order valence-electron chi connectivity index (χ0n) is 24.2. The number of nitrogens with one attached hydrogen (secondary N) is 3. The summed E-state index contributed by atoms with van der Waals surface area (Å²) in [6.07, 6.45) is 5.10. The molecule has 3 rings (SSSR count). The second-order valence-electron chi connectivity index (χ2n) is 11.0. The number of fused-ring (bicyclic) bond motifs is 1. The van der Waals surface area contributed by atoms with Crippen LogP contribution in [0.3, 0.4) is 0 Å². The SMILES string of the molecule is CC(=O)N[C@@H](C)C(=O)N[C@H]1CS[C@H]2CN(CC(=O)N[C@@H](CCCN=C(N)N)C(N)=O)C(=O)[C@H](C3CCCCC3)N2C1=O. The molecule has 0 radical (unpaired) electrons. The Morgan fingerprint density at radius 2 is 1.74 bits per heavy atom. The Balaban J connectivity index is 1.72. The molecule has 0 aromatic heterocycles. The first-order chi connectivity index (χ1) is 19.9. The van der Waals surface area contributed by atoms with Gasteiger partial charge in [0.2, 0.25) is 35.4 Å². The Bertz CT molecular complexity index is 1080. The fourth-order valence-electron chi connectivity index (χ4n) is 5.72. The molecule has 2 heterocycles. The van der Waals surface area contributed by atoms with E-state index in [9.17, 15) is 28.8 Å². The van der Waals surface area contributed by atoms with E-state index in [1.165, 1.54) is 30.5 Å². The summed E-state index contributed by atoms with van der Waals surface area (Å²) in [7, 11) is 0. The van der Waals surface area contributed by atoms with Crippen LogP contribution in [-0.2, 0) is 28.8 Å². The lowest BCUT2D eigenvalue weighted by molar-refractivity contribution is -0.159. The molecular formula is C26H43N9O6S. The van der Waals surface area contributed by atoms with E-state index in [1.54, 1.807) is 4.90 Å². The lowest BCUT2D eigenvalue weighted by atomic mass is 9.81. The largest absolute Gasteiger partial charge is 0.370 e. The van der Waals surface area contributed by atoms with Gasteiger partial charge >= 0.3 is 0 Å². The van der Waals surface area contributed by atoms with Crippen molar-refractivity contribution in [2.24, 2.45) is 28.1 Å². The van der Waals surface area contributed by atoms with Crippen molar-refractivity contribution in [3.8, 4) is 0 Å². The lowest BCUT2D eigenvalue weighted by Gasteiger charge is -2.51. The number of nitrogens with two attached hydrogens (primary N) is 3. The van der Waals surface area contributed by atoms with Gasteiger partial charge in [0, 0.05) is 19.2 Å². The highest BCUT2D eigenvalue weighted by molar-refractivity contribution is 8.00. The van der Waals surface area contributed by atoms with Gasteiger partial charge in [0.1, 0.15) is 24.2 Å². The molecule has 0 aromatic carbocycles. The lowest BCUT2D eigenvalue weighted by Crippen LogP contribution is -2.70. The summed E-state index contributed by atoms with van der Waals surface area (Å²) in [4.78, 5) is 83.5. The Hall–Kier alpha value is -3.56. The minimum atomic E-state index is -0.952. The van der Waals surface area contributed by atoms with Crippen molar-refractivity contribution in [1.29, 1.82) is 0 Å². The van der Waals surface area contributed by atoms with Crippen molar-refractivity contribution in [3.63, 3.8) is 0 Å². The fraction of sp³-hybridized carbons (Fsp3) is 0.731. The minimum Gasteiger partial charge on any atom is -0.370 e. The van der Waals surface area contributed by atoms with E-state index in [0.717, 1.165) is 32.1 Å². The third-order valence-corrected chi connectivity index (χ3v) is 9.03. The van der Waals surface area contributed by atoms with E-state index < -0.39 is 47.3 Å². The standard InChI is InChI=1S/C26H43N9O6S/c1-14(31-15(2)36)23(39)33-18-13-42-20-12-34(11-19(37)32-17(22(27)38)9-6-10-30-26(28)29)25(41)21(35(20)24(18)40)16-7-4-3-5-8-16/h14,16-18,20-21H,3-13H2,1-2H3,(H2,27,38)(H,31,36)(H,32,37)(H,33,39)(H4,28,29,30)/t14-,17-,18-,20-,21-/m0/s1. The molecular weight excluding hydrogens is 566 g/mol. The third kappa shape index (κ3) is 8.72. The summed E-state index contributed by atoms with van der Waals surface area (Å²) in [5.74, 6) is -2.64. The molecule has 9 N–H and O–H groups in total. The van der Waals surface area contributed by atoms with Gasteiger partial charge in [-0.05, 0) is 38.5 Å². The number of aliphatic imine (C=N–C) groups is 1. The molecule has 5 atom stereocenters. The van der Waals surface area contributed by atoms with Crippen LogP contribution in [0.5, 0.6) is 0 Å². The van der Waals surface area contributed by atoms with Crippen molar-refractivity contribution in [1.82, 2.24) is 25.8 Å². The molecule has 234 valence electrons. The number of amides is 6. The van der Waals surface area contributed by atoms with Crippen molar-refractivity contribution < 1.29 is 28.8 Å². The van der Waals surface area contributed by atoms with E-state index in [2.05, 4.69) is 20.9 Å². The maximum absolute atomic E-state index is 13.9. The van der Waals surface area contributed by atoms with Gasteiger partial charge in [-0.25, -0.2) is 0 Å². The number of primary amides is 1. The minimum absolute atomic E-state index is 0.0767. The molecule has 0 unspecified atom stereocenters. The highest BCUT2D eigenvalue weighted by Crippen LogP contribution is 2.38. The van der Waals surface area contributed by atoms with Crippen LogP contribution in [0.2, 0.25) is 0 Å². The van der Waals surface area contributed by atoms with Gasteiger partial charge in [0.05, 0.1) is 18.5 Å². The van der Waals surface area contributed by atoms with Crippen LogP contribution in [0, 0.1) is 5.92 Å². The topological polar surface area (TPSA) is 235 Å². The number of guanidine groups is 1. The molecule has 16 heteroatoms. The summed E-state index contributed by atoms with van der Waals surface area (Å²) in [5, 5.41) is 7.45. The number of piperazine rings is 1. The third-order valence-electron chi connectivity index (χ3n) is 7.74. The second-order valence-corrected chi connectivity index (χ2v) is 12.3. The predicted octanol–water partition coefficient (Wildman–Crippen LogP) is -2.29. The molecule has 42 heavy (non-hydrogen) atoms. The van der Waals surface area contributed by atoms with Crippen molar-refractivity contribution in [2.75, 3.05) is 25.4 Å². The zero-order chi connectivity index (χ0) is 31.0. The van der Waals surface area contributed by atoms with E-state index >= 15 is 0 Å². The van der Waals surface area contributed by atoms with Crippen LogP contribution < -0.4 is 33.2 Å². The molecule has 3 fully saturated rings. The maximum Gasteiger partial charge on any atom is 0.247 e. The van der Waals surface area contributed by atoms with Gasteiger partial charge in [0.15, 0.2) is 5.96 Å². The number of hydrogen-bond acceptors (Lipinski definition) is 8. The van der Waals surface area contributed by atoms with Crippen LogP contribution in [0.15, 0.2) is 4.99 Å². The van der Waals surface area contributed by atoms with Crippen molar-refractivity contribution in [2.45, 2.75) is 88.3 Å². The number of carbonyl (C=O) groups excluding carboxylic acids is 6. The van der Waals surface area contributed by atoms with Gasteiger partial charge in [-0.3, -0.25) is 33.8 Å². The Kier molecular flexibility index (Phi) is 11.8. The fourth-order valence-corrected chi connectivity index (χ4v) is 7.04. The first-order valence-electron chi connectivity index (χ1n) is 14.3. The molecule has 0 aromatic rings. The van der Waals surface area contributed by atoms with Crippen LogP contribution >= 0.6 is 11.8 Å². The number of carbonyl (C=O) groups is 6. The van der Waals surface area contributed by atoms with Gasteiger partial charge < -0.3 is 43.0 Å². The predicted molar refractivity (Wildman–Crippen MR) is 156 cm³/mol. The summed E-state index contributed by atoms with van der Waals surface area (Å²) < 4.78 is 0. The Morgan fingerprint density at radius 1 is 1.05 bits per heavy atom. The number of rotatable bonds is 12. The van der Waals surface area contributed by atoms with Crippen LogP contribution in [0.1, 0.15) is 58.8 Å². The molecule has 1 aliphatic carbocycles. The average Bonchev–Trinajstić information content (AvgIpc) is 2.92. The molecule has 2 saturated heterocycles. The van der Waals surface area contributed by atoms with E-state index in [1.807, 2.05) is 0 Å². The first kappa shape index (κ1) is 32.9. The number of thioether (sulfide) groups is 1. The Labute approximate surface area is 249 Å². The summed E-state index contributed by atoms with van der Waals surface area (Å²) in [6.45, 7) is 2.95. The van der Waals surface area contributed by atoms with Gasteiger partial charge in [-0.2, -0.15) is 0 Å². The summed E-state index contributed by atoms with van der Waals surface area (Å²) >= 11 is 1.43. The van der Waals surface area contributed by atoms with Crippen molar-refractivity contribution >= 4 is 53.2 Å². The maximum atomic E-state index is 13.9. The quantitative estimate of drug-likeness (QED) is 0.0792. The average molecular weight is 610 g/mol. The summed E-state index contributed by atoms with van der Waals surface area (Å²) in [5.41, 5.74) is 16.1. The van der Waals surface area contributed by atoms with Crippen molar-refractivity contribution in [3.05, 3.63) is 0 Å². The zero-order valence-corrected chi connectivity index (χ0v) is 25.0. The molecule has 15 nitrogen and oxygen atoms in total. The van der Waals surface area contributed by atoms with Crippen LogP contribution in [0.4, 0.5) is 0 Å². The first-order valence-corrected chi connectivity index (χ1v) is 15.4. The van der Waals surface area contributed by atoms with Gasteiger partial charge in [-0.1, -0.05) is 19.3 Å². The van der Waals surface area contributed by atoms with E-state index in [0.29, 0.717) is 6.42 Å². The highest BCUT2D eigenvalue weighted by Gasteiger charge is 2.51. The highest BCUT2D eigenvalue weighted by atomic mass is 32.2. The van der Waals surface area contributed by atoms with Crippen LogP contribution in [-0.4, -0.2) is 106 Å². The van der Waals surface area contributed by atoms with Gasteiger partial charge in [-0.15, -0.1) is 11.8 Å². The smallest absolute Gasteiger partial charge is 0.247 e. The second kappa shape index (κ2) is 15.1. The Morgan fingerprint density at radius 3 is 2.36 bits per heavy atom. The van der Waals surface area contributed by atoms with Gasteiger partial charge in [0.25, 0.3) is 0 Å². The molecule has 3 aliphatic rings. The normalized spacial score (nSPS) is 24.2. The molecule has 6 amide bonds. The number of nitrogens with zero attached hydrogens (tertiary/aromatic N) is 3.